The minimum atomic E-state index is -3.53. The first-order valence-corrected chi connectivity index (χ1v) is 7.77. The Labute approximate surface area is 123 Å². The van der Waals surface area contributed by atoms with E-state index in [1.165, 1.54) is 12.1 Å². The SMILES string of the molecule is O=S(=O)(NCCc1cnc[nH]1)c1ccc(C#CCO)cc1. The van der Waals surface area contributed by atoms with Crippen LogP contribution in [0.25, 0.3) is 0 Å². The number of H-pyrrole nitrogens is 1. The van der Waals surface area contributed by atoms with Crippen LogP contribution in [0.3, 0.4) is 0 Å². The minimum absolute atomic E-state index is 0.182. The van der Waals surface area contributed by atoms with E-state index in [1.807, 2.05) is 0 Å². The number of aromatic nitrogens is 2. The predicted octanol–water partition coefficient (Wildman–Crippen LogP) is 0.274. The van der Waals surface area contributed by atoms with E-state index in [9.17, 15) is 8.42 Å². The van der Waals surface area contributed by atoms with Crippen molar-refractivity contribution in [3.05, 3.63) is 48.0 Å². The van der Waals surface area contributed by atoms with Crippen LogP contribution >= 0.6 is 0 Å². The van der Waals surface area contributed by atoms with Crippen molar-refractivity contribution in [2.45, 2.75) is 11.3 Å². The van der Waals surface area contributed by atoms with Gasteiger partial charge in [0.05, 0.1) is 11.2 Å². The van der Waals surface area contributed by atoms with Gasteiger partial charge in [0.25, 0.3) is 0 Å². The van der Waals surface area contributed by atoms with Crippen molar-refractivity contribution < 1.29 is 13.5 Å². The number of aromatic amines is 1. The summed E-state index contributed by atoms with van der Waals surface area (Å²) in [5, 5.41) is 8.60. The van der Waals surface area contributed by atoms with E-state index >= 15 is 0 Å². The highest BCUT2D eigenvalue weighted by molar-refractivity contribution is 7.89. The highest BCUT2D eigenvalue weighted by atomic mass is 32.2. The zero-order chi connectivity index (χ0) is 15.1. The highest BCUT2D eigenvalue weighted by Crippen LogP contribution is 2.10. The van der Waals surface area contributed by atoms with Gasteiger partial charge < -0.3 is 10.1 Å². The van der Waals surface area contributed by atoms with Crippen LogP contribution < -0.4 is 4.72 Å². The molecule has 0 saturated heterocycles. The summed E-state index contributed by atoms with van der Waals surface area (Å²) in [5.74, 6) is 5.21. The lowest BCUT2D eigenvalue weighted by Crippen LogP contribution is -2.26. The van der Waals surface area contributed by atoms with Crippen LogP contribution in [0.15, 0.2) is 41.7 Å². The Morgan fingerprint density at radius 2 is 2.05 bits per heavy atom. The molecule has 6 nitrogen and oxygen atoms in total. The number of hydrogen-bond acceptors (Lipinski definition) is 4. The molecule has 0 amide bonds. The number of benzene rings is 1. The lowest BCUT2D eigenvalue weighted by molar-refractivity contribution is 0.350. The molecule has 0 fully saturated rings. The third-order valence-electron chi connectivity index (χ3n) is 2.72. The van der Waals surface area contributed by atoms with Crippen LogP contribution in [0, 0.1) is 11.8 Å². The summed E-state index contributed by atoms with van der Waals surface area (Å²) in [5.41, 5.74) is 1.52. The second kappa shape index (κ2) is 7.04. The lowest BCUT2D eigenvalue weighted by atomic mass is 10.2. The first-order chi connectivity index (χ1) is 10.1. The second-order valence-electron chi connectivity index (χ2n) is 4.21. The summed E-state index contributed by atoms with van der Waals surface area (Å²) in [7, 11) is -3.53. The van der Waals surface area contributed by atoms with Crippen molar-refractivity contribution in [2.24, 2.45) is 0 Å². The van der Waals surface area contributed by atoms with Gasteiger partial charge in [0.1, 0.15) is 6.61 Å². The normalized spacial score (nSPS) is 10.9. The number of sulfonamides is 1. The maximum atomic E-state index is 12.1. The average Bonchev–Trinajstić information content (AvgIpc) is 2.98. The Kier molecular flexibility index (Phi) is 5.11. The van der Waals surface area contributed by atoms with Crippen LogP contribution in [-0.2, 0) is 16.4 Å². The Hall–Kier alpha value is -2.14. The maximum absolute atomic E-state index is 12.1. The fraction of sp³-hybridized carbons (Fsp3) is 0.214. The number of nitrogens with one attached hydrogen (secondary N) is 2. The van der Waals surface area contributed by atoms with Gasteiger partial charge in [-0.05, 0) is 24.3 Å². The molecular formula is C14H15N3O3S. The van der Waals surface area contributed by atoms with Gasteiger partial charge in [-0.2, -0.15) is 0 Å². The number of aliphatic hydroxyl groups excluding tert-OH is 1. The van der Waals surface area contributed by atoms with Gasteiger partial charge in [0.15, 0.2) is 0 Å². The molecule has 0 aliphatic heterocycles. The Morgan fingerprint density at radius 3 is 2.67 bits per heavy atom. The number of rotatable bonds is 5. The molecule has 0 bridgehead atoms. The highest BCUT2D eigenvalue weighted by Gasteiger charge is 2.12. The molecule has 0 aliphatic carbocycles. The van der Waals surface area contributed by atoms with Gasteiger partial charge >= 0.3 is 0 Å². The van der Waals surface area contributed by atoms with Crippen LogP contribution in [0.4, 0.5) is 0 Å². The summed E-state index contributed by atoms with van der Waals surface area (Å²) in [4.78, 5) is 6.96. The summed E-state index contributed by atoms with van der Waals surface area (Å²) >= 11 is 0. The fourth-order valence-corrected chi connectivity index (χ4v) is 2.72. The van der Waals surface area contributed by atoms with E-state index in [0.717, 1.165) is 5.69 Å². The van der Waals surface area contributed by atoms with Crippen molar-refractivity contribution in [2.75, 3.05) is 13.2 Å². The number of hydrogen-bond donors (Lipinski definition) is 3. The van der Waals surface area contributed by atoms with Crippen LogP contribution in [-0.4, -0.2) is 36.6 Å². The molecule has 0 aliphatic rings. The fourth-order valence-electron chi connectivity index (χ4n) is 1.68. The molecule has 1 aromatic carbocycles. The monoisotopic (exact) mass is 305 g/mol. The Balaban J connectivity index is 1.98. The summed E-state index contributed by atoms with van der Waals surface area (Å²) in [6, 6.07) is 6.18. The van der Waals surface area contributed by atoms with Crippen LogP contribution in [0.2, 0.25) is 0 Å². The zero-order valence-corrected chi connectivity index (χ0v) is 12.0. The van der Waals surface area contributed by atoms with Gasteiger partial charge in [-0.25, -0.2) is 18.1 Å². The summed E-state index contributed by atoms with van der Waals surface area (Å²) in [6.45, 7) is 0.0613. The van der Waals surface area contributed by atoms with Crippen molar-refractivity contribution in [3.8, 4) is 11.8 Å². The molecule has 0 spiro atoms. The predicted molar refractivity (Wildman–Crippen MR) is 77.9 cm³/mol. The Morgan fingerprint density at radius 1 is 1.29 bits per heavy atom. The number of imidazole rings is 1. The van der Waals surface area contributed by atoms with Gasteiger partial charge in [-0.1, -0.05) is 11.8 Å². The molecule has 0 radical (unpaired) electrons. The largest absolute Gasteiger partial charge is 0.384 e. The molecular weight excluding hydrogens is 290 g/mol. The summed E-state index contributed by atoms with van der Waals surface area (Å²) in [6.07, 6.45) is 3.75. The number of nitrogens with zero attached hydrogens (tertiary/aromatic N) is 1. The van der Waals surface area contributed by atoms with Gasteiger partial charge in [-0.15, -0.1) is 0 Å². The maximum Gasteiger partial charge on any atom is 0.240 e. The topological polar surface area (TPSA) is 95.1 Å². The lowest BCUT2D eigenvalue weighted by Gasteiger charge is -2.06. The molecule has 0 saturated carbocycles. The smallest absolute Gasteiger partial charge is 0.240 e. The average molecular weight is 305 g/mol. The van der Waals surface area contributed by atoms with E-state index < -0.39 is 10.0 Å². The van der Waals surface area contributed by atoms with Gasteiger partial charge in [-0.3, -0.25) is 0 Å². The first kappa shape index (κ1) is 15.3. The molecule has 7 heteroatoms. The molecule has 0 unspecified atom stereocenters. The van der Waals surface area contributed by atoms with Crippen molar-refractivity contribution in [1.82, 2.24) is 14.7 Å². The van der Waals surface area contributed by atoms with Crippen molar-refractivity contribution in [3.63, 3.8) is 0 Å². The van der Waals surface area contributed by atoms with Gasteiger partial charge in [0, 0.05) is 30.4 Å². The molecule has 21 heavy (non-hydrogen) atoms. The molecule has 2 rings (SSSR count). The van der Waals surface area contributed by atoms with E-state index in [-0.39, 0.29) is 18.0 Å². The van der Waals surface area contributed by atoms with Crippen molar-refractivity contribution in [1.29, 1.82) is 0 Å². The molecule has 110 valence electrons. The molecule has 2 aromatic rings. The third kappa shape index (κ3) is 4.43. The molecule has 1 heterocycles. The standard InChI is InChI=1S/C14H15N3O3S/c18-9-1-2-12-3-5-14(6-4-12)21(19,20)17-8-7-13-10-15-11-16-13/h3-6,10-11,17-18H,7-9H2,(H,15,16). The Bertz CT molecular complexity index is 726. The van der Waals surface area contributed by atoms with E-state index in [1.54, 1.807) is 24.7 Å². The quantitative estimate of drug-likeness (QED) is 0.691. The van der Waals surface area contributed by atoms with Crippen molar-refractivity contribution >= 4 is 10.0 Å². The third-order valence-corrected chi connectivity index (χ3v) is 4.19. The first-order valence-electron chi connectivity index (χ1n) is 6.28. The van der Waals surface area contributed by atoms with Crippen LogP contribution in [0.1, 0.15) is 11.3 Å². The van der Waals surface area contributed by atoms with Crippen LogP contribution in [0.5, 0.6) is 0 Å². The molecule has 1 aromatic heterocycles. The number of aliphatic hydroxyl groups is 1. The zero-order valence-electron chi connectivity index (χ0n) is 11.2. The second-order valence-corrected chi connectivity index (χ2v) is 5.98. The van der Waals surface area contributed by atoms with Gasteiger partial charge in [0.2, 0.25) is 10.0 Å². The van der Waals surface area contributed by atoms with E-state index in [0.29, 0.717) is 12.0 Å². The molecule has 0 atom stereocenters. The minimum Gasteiger partial charge on any atom is -0.384 e. The van der Waals surface area contributed by atoms with E-state index in [4.69, 9.17) is 5.11 Å². The molecule has 3 N–H and O–H groups in total. The summed E-state index contributed by atoms with van der Waals surface area (Å²) < 4.78 is 26.7. The van der Waals surface area contributed by atoms with E-state index in [2.05, 4.69) is 26.5 Å².